The van der Waals surface area contributed by atoms with E-state index in [4.69, 9.17) is 9.26 Å². The Morgan fingerprint density at radius 2 is 1.90 bits per heavy atom. The van der Waals surface area contributed by atoms with Gasteiger partial charge in [-0.05, 0) is 18.2 Å². The molecule has 0 saturated heterocycles. The second kappa shape index (κ2) is 5.16. The molecular formula is C16H15FN2O2. The third-order valence-corrected chi connectivity index (χ3v) is 3.34. The summed E-state index contributed by atoms with van der Waals surface area (Å²) in [6.45, 7) is 4.03. The van der Waals surface area contributed by atoms with Crippen LogP contribution in [0.1, 0.15) is 25.5 Å². The Bertz CT molecular complexity index is 796. The van der Waals surface area contributed by atoms with Crippen molar-refractivity contribution < 1.29 is 13.7 Å². The van der Waals surface area contributed by atoms with Crippen LogP contribution in [0.25, 0.3) is 22.3 Å². The summed E-state index contributed by atoms with van der Waals surface area (Å²) < 4.78 is 24.5. The first-order chi connectivity index (χ1) is 10.1. The highest BCUT2D eigenvalue weighted by molar-refractivity contribution is 5.83. The first-order valence-corrected chi connectivity index (χ1v) is 6.70. The number of pyridine rings is 1. The van der Waals surface area contributed by atoms with Crippen LogP contribution >= 0.6 is 0 Å². The van der Waals surface area contributed by atoms with E-state index in [0.29, 0.717) is 16.8 Å². The summed E-state index contributed by atoms with van der Waals surface area (Å²) >= 11 is 0. The van der Waals surface area contributed by atoms with Crippen molar-refractivity contribution in [3.8, 4) is 17.1 Å². The molecule has 3 aromatic rings. The SMILES string of the molecule is COc1ccc2ccc(-c3cc(C(C)C)on3)nc2c1F. The molecule has 108 valence electrons. The molecule has 5 heteroatoms. The van der Waals surface area contributed by atoms with Crippen LogP contribution in [0.4, 0.5) is 4.39 Å². The maximum absolute atomic E-state index is 14.3. The minimum atomic E-state index is -0.468. The molecule has 0 amide bonds. The van der Waals surface area contributed by atoms with Crippen molar-refractivity contribution in [2.45, 2.75) is 19.8 Å². The van der Waals surface area contributed by atoms with Gasteiger partial charge in [0.1, 0.15) is 17.0 Å². The molecule has 0 fully saturated rings. The van der Waals surface area contributed by atoms with Gasteiger partial charge in [-0.3, -0.25) is 0 Å². The van der Waals surface area contributed by atoms with E-state index in [1.807, 2.05) is 26.0 Å². The minimum absolute atomic E-state index is 0.176. The molecule has 2 aromatic heterocycles. The van der Waals surface area contributed by atoms with Gasteiger partial charge in [0, 0.05) is 17.4 Å². The Morgan fingerprint density at radius 3 is 2.57 bits per heavy atom. The van der Waals surface area contributed by atoms with Gasteiger partial charge >= 0.3 is 0 Å². The number of aromatic nitrogens is 2. The molecule has 4 nitrogen and oxygen atoms in total. The molecule has 0 saturated carbocycles. The molecule has 21 heavy (non-hydrogen) atoms. The van der Waals surface area contributed by atoms with Crippen molar-refractivity contribution in [3.63, 3.8) is 0 Å². The lowest BCUT2D eigenvalue weighted by molar-refractivity contribution is 0.373. The number of halogens is 1. The summed E-state index contributed by atoms with van der Waals surface area (Å²) in [6, 6.07) is 8.80. The van der Waals surface area contributed by atoms with Gasteiger partial charge in [-0.25, -0.2) is 9.37 Å². The zero-order chi connectivity index (χ0) is 15.0. The zero-order valence-electron chi connectivity index (χ0n) is 12.1. The van der Waals surface area contributed by atoms with Gasteiger partial charge in [0.05, 0.1) is 12.8 Å². The predicted octanol–water partition coefficient (Wildman–Crippen LogP) is 4.16. The monoisotopic (exact) mass is 286 g/mol. The van der Waals surface area contributed by atoms with Crippen LogP contribution < -0.4 is 4.74 Å². The highest BCUT2D eigenvalue weighted by Gasteiger charge is 2.14. The summed E-state index contributed by atoms with van der Waals surface area (Å²) in [6.07, 6.45) is 0. The molecular weight excluding hydrogens is 271 g/mol. The van der Waals surface area contributed by atoms with Crippen LogP contribution in [-0.4, -0.2) is 17.3 Å². The van der Waals surface area contributed by atoms with Gasteiger partial charge in [-0.2, -0.15) is 0 Å². The van der Waals surface area contributed by atoms with E-state index in [1.165, 1.54) is 7.11 Å². The second-order valence-electron chi connectivity index (χ2n) is 5.12. The molecule has 0 aliphatic heterocycles. The number of benzene rings is 1. The number of methoxy groups -OCH3 is 1. The van der Waals surface area contributed by atoms with Crippen molar-refractivity contribution in [3.05, 3.63) is 41.9 Å². The first kappa shape index (κ1) is 13.5. The van der Waals surface area contributed by atoms with Gasteiger partial charge in [0.15, 0.2) is 11.6 Å². The Kier molecular flexibility index (Phi) is 3.33. The Labute approximate surface area is 121 Å². The van der Waals surface area contributed by atoms with Crippen molar-refractivity contribution in [2.24, 2.45) is 0 Å². The topological polar surface area (TPSA) is 48.2 Å². The van der Waals surface area contributed by atoms with Crippen LogP contribution in [0.5, 0.6) is 5.75 Å². The van der Waals surface area contributed by atoms with E-state index in [9.17, 15) is 4.39 Å². The molecule has 0 N–H and O–H groups in total. The molecule has 0 aliphatic carbocycles. The van der Waals surface area contributed by atoms with Crippen LogP contribution in [0.3, 0.4) is 0 Å². The van der Waals surface area contributed by atoms with E-state index in [2.05, 4.69) is 10.1 Å². The third-order valence-electron chi connectivity index (χ3n) is 3.34. The second-order valence-corrected chi connectivity index (χ2v) is 5.12. The summed E-state index contributed by atoms with van der Waals surface area (Å²) in [5.74, 6) is 0.723. The molecule has 0 spiro atoms. The normalized spacial score (nSPS) is 11.3. The molecule has 2 heterocycles. The van der Waals surface area contributed by atoms with Crippen molar-refractivity contribution >= 4 is 10.9 Å². The van der Waals surface area contributed by atoms with Crippen molar-refractivity contribution in [1.82, 2.24) is 10.1 Å². The number of ether oxygens (including phenoxy) is 1. The van der Waals surface area contributed by atoms with E-state index in [0.717, 1.165) is 5.76 Å². The van der Waals surface area contributed by atoms with Crippen LogP contribution in [0, 0.1) is 5.82 Å². The Hall–Kier alpha value is -2.43. The highest BCUT2D eigenvalue weighted by atomic mass is 19.1. The Morgan fingerprint density at radius 1 is 1.14 bits per heavy atom. The molecule has 1 aromatic carbocycles. The molecule has 0 atom stereocenters. The van der Waals surface area contributed by atoms with Crippen LogP contribution in [0.15, 0.2) is 34.9 Å². The zero-order valence-corrected chi connectivity index (χ0v) is 12.1. The molecule has 0 unspecified atom stereocenters. The predicted molar refractivity (Wildman–Crippen MR) is 77.8 cm³/mol. The number of hydrogen-bond donors (Lipinski definition) is 0. The first-order valence-electron chi connectivity index (χ1n) is 6.70. The number of hydrogen-bond acceptors (Lipinski definition) is 4. The van der Waals surface area contributed by atoms with E-state index in [1.54, 1.807) is 18.2 Å². The van der Waals surface area contributed by atoms with E-state index in [-0.39, 0.29) is 17.2 Å². The molecule has 3 rings (SSSR count). The van der Waals surface area contributed by atoms with Crippen LogP contribution in [-0.2, 0) is 0 Å². The molecule has 0 radical (unpaired) electrons. The van der Waals surface area contributed by atoms with Crippen molar-refractivity contribution in [2.75, 3.05) is 7.11 Å². The largest absolute Gasteiger partial charge is 0.494 e. The van der Waals surface area contributed by atoms with E-state index < -0.39 is 5.82 Å². The lowest BCUT2D eigenvalue weighted by Crippen LogP contribution is -1.93. The quantitative estimate of drug-likeness (QED) is 0.725. The highest BCUT2D eigenvalue weighted by Crippen LogP contribution is 2.28. The smallest absolute Gasteiger partial charge is 0.191 e. The lowest BCUT2D eigenvalue weighted by Gasteiger charge is -2.05. The summed E-state index contributed by atoms with van der Waals surface area (Å²) in [7, 11) is 1.43. The maximum atomic E-state index is 14.3. The summed E-state index contributed by atoms with van der Waals surface area (Å²) in [5, 5.41) is 4.71. The maximum Gasteiger partial charge on any atom is 0.191 e. The number of rotatable bonds is 3. The lowest BCUT2D eigenvalue weighted by atomic mass is 10.1. The van der Waals surface area contributed by atoms with E-state index >= 15 is 0 Å². The number of nitrogens with zero attached hydrogens (tertiary/aromatic N) is 2. The fourth-order valence-corrected chi connectivity index (χ4v) is 2.12. The fourth-order valence-electron chi connectivity index (χ4n) is 2.12. The standard InChI is InChI=1S/C16H15FN2O2/c1-9(2)14-8-12(19-21-14)11-6-4-10-5-7-13(20-3)15(17)16(10)18-11/h4-9H,1-3H3. The van der Waals surface area contributed by atoms with Gasteiger partial charge in [0.25, 0.3) is 0 Å². The van der Waals surface area contributed by atoms with Gasteiger partial charge < -0.3 is 9.26 Å². The molecule has 0 aliphatic rings. The van der Waals surface area contributed by atoms with Gasteiger partial charge in [-0.1, -0.05) is 25.1 Å². The van der Waals surface area contributed by atoms with Crippen LogP contribution in [0.2, 0.25) is 0 Å². The Balaban J connectivity index is 2.13. The fraction of sp³-hybridized carbons (Fsp3) is 0.250. The van der Waals surface area contributed by atoms with Gasteiger partial charge in [-0.15, -0.1) is 0 Å². The number of fused-ring (bicyclic) bond motifs is 1. The summed E-state index contributed by atoms with van der Waals surface area (Å²) in [5.41, 5.74) is 1.44. The third kappa shape index (κ3) is 2.35. The molecule has 0 bridgehead atoms. The minimum Gasteiger partial charge on any atom is -0.494 e. The van der Waals surface area contributed by atoms with Gasteiger partial charge in [0.2, 0.25) is 0 Å². The average Bonchev–Trinajstić information content (AvgIpc) is 2.97. The summed E-state index contributed by atoms with van der Waals surface area (Å²) in [4.78, 5) is 4.35. The average molecular weight is 286 g/mol. The van der Waals surface area contributed by atoms with Crippen molar-refractivity contribution in [1.29, 1.82) is 0 Å².